The third kappa shape index (κ3) is 2.29. The van der Waals surface area contributed by atoms with Gasteiger partial charge in [-0.15, -0.1) is 10.2 Å². The van der Waals surface area contributed by atoms with Crippen molar-refractivity contribution in [3.63, 3.8) is 0 Å². The Kier molecular flexibility index (Phi) is 3.41. The summed E-state index contributed by atoms with van der Waals surface area (Å²) < 4.78 is 3.70. The molecule has 122 valence electrons. The Morgan fingerprint density at radius 3 is 3.04 bits per heavy atom. The molecule has 1 aliphatic rings. The van der Waals surface area contributed by atoms with Gasteiger partial charge in [-0.1, -0.05) is 12.1 Å². The van der Waals surface area contributed by atoms with E-state index in [0.29, 0.717) is 11.1 Å². The number of fused-ring (bicyclic) bond motifs is 2. The summed E-state index contributed by atoms with van der Waals surface area (Å²) in [6.45, 7) is 0.864. The van der Waals surface area contributed by atoms with Gasteiger partial charge in [0.2, 0.25) is 0 Å². The van der Waals surface area contributed by atoms with E-state index in [1.54, 1.807) is 24.0 Å². The first kappa shape index (κ1) is 14.6. The normalized spacial score (nSPS) is 16.8. The van der Waals surface area contributed by atoms with Gasteiger partial charge < -0.3 is 14.5 Å². The van der Waals surface area contributed by atoms with Gasteiger partial charge >= 0.3 is 0 Å². The molecule has 0 bridgehead atoms. The van der Waals surface area contributed by atoms with Crippen LogP contribution in [0.2, 0.25) is 0 Å². The molecule has 3 aromatic rings. The van der Waals surface area contributed by atoms with Crippen molar-refractivity contribution in [2.75, 3.05) is 0 Å². The molecule has 7 heteroatoms. The lowest BCUT2D eigenvalue weighted by Gasteiger charge is -2.24. The number of benzene rings is 1. The van der Waals surface area contributed by atoms with Crippen LogP contribution in [-0.2, 0) is 13.6 Å². The van der Waals surface area contributed by atoms with Crippen LogP contribution in [0.1, 0.15) is 35.2 Å². The van der Waals surface area contributed by atoms with E-state index in [1.165, 1.54) is 6.07 Å². The number of aryl methyl sites for hydroxylation is 2. The molecule has 1 amide bonds. The number of hydrogen-bond acceptors (Lipinski definition) is 4. The van der Waals surface area contributed by atoms with Crippen molar-refractivity contribution in [1.29, 1.82) is 0 Å². The summed E-state index contributed by atoms with van der Waals surface area (Å²) in [5.41, 5.74) is 0.929. The molecule has 1 aromatic carbocycles. The third-order valence-electron chi connectivity index (χ3n) is 4.55. The maximum atomic E-state index is 12.7. The number of nitrogens with zero attached hydrogens (tertiary/aromatic N) is 4. The summed E-state index contributed by atoms with van der Waals surface area (Å²) in [7, 11) is 1.79. The summed E-state index contributed by atoms with van der Waals surface area (Å²) in [6, 6.07) is 8.49. The molecule has 0 aliphatic carbocycles. The van der Waals surface area contributed by atoms with Gasteiger partial charge in [-0.3, -0.25) is 9.59 Å². The largest absolute Gasteiger partial charge is 0.341 e. The van der Waals surface area contributed by atoms with E-state index in [-0.39, 0.29) is 17.4 Å². The topological polar surface area (TPSA) is 81.8 Å². The molecule has 1 unspecified atom stereocenters. The molecule has 1 aliphatic heterocycles. The summed E-state index contributed by atoms with van der Waals surface area (Å²) in [4.78, 5) is 25.0. The molecule has 24 heavy (non-hydrogen) atoms. The van der Waals surface area contributed by atoms with Crippen molar-refractivity contribution < 1.29 is 4.79 Å². The number of hydrogen-bond donors (Lipinski definition) is 1. The van der Waals surface area contributed by atoms with Crippen LogP contribution < -0.4 is 10.7 Å². The Bertz CT molecular complexity index is 988. The minimum absolute atomic E-state index is 0.152. The van der Waals surface area contributed by atoms with Gasteiger partial charge in [-0.2, -0.15) is 0 Å². The van der Waals surface area contributed by atoms with Crippen LogP contribution in [0.15, 0.2) is 41.5 Å². The van der Waals surface area contributed by atoms with Gasteiger partial charge in [0.05, 0.1) is 11.6 Å². The molecular formula is C17H17N5O2. The smallest absolute Gasteiger partial charge is 0.268 e. The zero-order valence-corrected chi connectivity index (χ0v) is 13.3. The van der Waals surface area contributed by atoms with E-state index in [4.69, 9.17) is 0 Å². The van der Waals surface area contributed by atoms with Crippen LogP contribution in [0.4, 0.5) is 0 Å². The van der Waals surface area contributed by atoms with Crippen LogP contribution >= 0.6 is 0 Å². The van der Waals surface area contributed by atoms with Gasteiger partial charge in [0.1, 0.15) is 12.0 Å². The summed E-state index contributed by atoms with van der Waals surface area (Å²) in [6.07, 6.45) is 3.44. The van der Waals surface area contributed by atoms with Crippen molar-refractivity contribution in [1.82, 2.24) is 24.6 Å². The highest BCUT2D eigenvalue weighted by molar-refractivity contribution is 5.95. The van der Waals surface area contributed by atoms with Crippen LogP contribution in [0.3, 0.4) is 0 Å². The van der Waals surface area contributed by atoms with E-state index in [1.807, 2.05) is 22.8 Å². The number of rotatable bonds is 2. The zero-order valence-electron chi connectivity index (χ0n) is 13.3. The molecule has 0 spiro atoms. The Morgan fingerprint density at radius 2 is 2.17 bits per heavy atom. The van der Waals surface area contributed by atoms with Crippen LogP contribution in [0.25, 0.3) is 10.9 Å². The molecule has 2 aromatic heterocycles. The summed E-state index contributed by atoms with van der Waals surface area (Å²) in [5, 5.41) is 11.6. The number of carbonyl (C=O) groups is 1. The Morgan fingerprint density at radius 1 is 1.33 bits per heavy atom. The zero-order chi connectivity index (χ0) is 16.7. The minimum Gasteiger partial charge on any atom is -0.341 e. The number of para-hydroxylation sites is 1. The lowest BCUT2D eigenvalue weighted by molar-refractivity contribution is 0.0919. The van der Waals surface area contributed by atoms with Crippen LogP contribution in [-0.4, -0.2) is 25.2 Å². The second kappa shape index (κ2) is 5.59. The molecule has 0 saturated heterocycles. The predicted octanol–water partition coefficient (Wildman–Crippen LogP) is 1.39. The number of nitrogens with one attached hydrogen (secondary N) is 1. The standard InChI is InChI=1S/C17H17N5O2/c1-21-13-7-3-2-5-11(13)15(23)9-14(21)17(24)19-12-6-4-8-22-10-18-20-16(12)22/h2-3,5,7,9-10,12H,4,6,8H2,1H3,(H,19,24). The van der Waals surface area contributed by atoms with E-state index in [2.05, 4.69) is 15.5 Å². The van der Waals surface area contributed by atoms with Crippen molar-refractivity contribution in [3.8, 4) is 0 Å². The quantitative estimate of drug-likeness (QED) is 0.773. The Labute approximate surface area is 137 Å². The van der Waals surface area contributed by atoms with Crippen molar-refractivity contribution in [2.24, 2.45) is 7.05 Å². The fourth-order valence-corrected chi connectivity index (χ4v) is 3.29. The monoisotopic (exact) mass is 323 g/mol. The van der Waals surface area contributed by atoms with Crippen molar-refractivity contribution in [3.05, 3.63) is 58.4 Å². The molecule has 3 heterocycles. The predicted molar refractivity (Wildman–Crippen MR) is 88.7 cm³/mol. The highest BCUT2D eigenvalue weighted by Crippen LogP contribution is 2.23. The summed E-state index contributed by atoms with van der Waals surface area (Å²) >= 11 is 0. The number of aromatic nitrogens is 4. The van der Waals surface area contributed by atoms with E-state index >= 15 is 0 Å². The lowest BCUT2D eigenvalue weighted by atomic mass is 10.1. The third-order valence-corrected chi connectivity index (χ3v) is 4.55. The van der Waals surface area contributed by atoms with Crippen molar-refractivity contribution in [2.45, 2.75) is 25.4 Å². The number of pyridine rings is 1. The molecule has 1 N–H and O–H groups in total. The minimum atomic E-state index is -0.276. The molecule has 7 nitrogen and oxygen atoms in total. The number of amides is 1. The fourth-order valence-electron chi connectivity index (χ4n) is 3.29. The lowest BCUT2D eigenvalue weighted by Crippen LogP contribution is -2.35. The van der Waals surface area contributed by atoms with Gasteiger partial charge in [0, 0.05) is 25.0 Å². The average molecular weight is 323 g/mol. The van der Waals surface area contributed by atoms with Gasteiger partial charge in [-0.25, -0.2) is 0 Å². The van der Waals surface area contributed by atoms with Gasteiger partial charge in [0.25, 0.3) is 5.91 Å². The SMILES string of the molecule is Cn1c(C(=O)NC2CCCn3cnnc32)cc(=O)c2ccccc21. The molecular weight excluding hydrogens is 306 g/mol. The molecule has 0 saturated carbocycles. The van der Waals surface area contributed by atoms with Crippen LogP contribution in [0, 0.1) is 0 Å². The van der Waals surface area contributed by atoms with Gasteiger partial charge in [-0.05, 0) is 25.0 Å². The maximum absolute atomic E-state index is 12.7. The van der Waals surface area contributed by atoms with Crippen LogP contribution in [0.5, 0.6) is 0 Å². The second-order valence-corrected chi connectivity index (χ2v) is 6.02. The summed E-state index contributed by atoms with van der Waals surface area (Å²) in [5.74, 6) is 0.488. The first-order chi connectivity index (χ1) is 11.6. The number of carbonyl (C=O) groups excluding carboxylic acids is 1. The first-order valence-corrected chi connectivity index (χ1v) is 7.92. The van der Waals surface area contributed by atoms with Crippen molar-refractivity contribution >= 4 is 16.8 Å². The first-order valence-electron chi connectivity index (χ1n) is 7.92. The highest BCUT2D eigenvalue weighted by atomic mass is 16.2. The fraction of sp³-hybridized carbons (Fsp3) is 0.294. The van der Waals surface area contributed by atoms with E-state index < -0.39 is 0 Å². The van der Waals surface area contributed by atoms with E-state index in [9.17, 15) is 9.59 Å². The second-order valence-electron chi connectivity index (χ2n) is 6.02. The highest BCUT2D eigenvalue weighted by Gasteiger charge is 2.25. The molecule has 0 radical (unpaired) electrons. The van der Waals surface area contributed by atoms with Gasteiger partial charge in [0.15, 0.2) is 11.3 Å². The average Bonchev–Trinajstić information content (AvgIpc) is 3.08. The van der Waals surface area contributed by atoms with E-state index in [0.717, 1.165) is 30.7 Å². The Hall–Kier alpha value is -2.96. The molecule has 0 fully saturated rings. The Balaban J connectivity index is 1.70. The molecule has 1 atom stereocenters. The maximum Gasteiger partial charge on any atom is 0.268 e. The molecule has 4 rings (SSSR count).